The zero-order valence-corrected chi connectivity index (χ0v) is 30.5. The molecule has 2 atom stereocenters. The van der Waals surface area contributed by atoms with Gasteiger partial charge in [0.25, 0.3) is 0 Å². The summed E-state index contributed by atoms with van der Waals surface area (Å²) < 4.78 is 71.5. The molecule has 12 nitrogen and oxygen atoms in total. The van der Waals surface area contributed by atoms with E-state index < -0.39 is 34.0 Å². The van der Waals surface area contributed by atoms with Crippen LogP contribution >= 0.6 is 0 Å². The Hall–Kier alpha value is -6.83. The number of hydrogen-bond donors (Lipinski definition) is 0. The summed E-state index contributed by atoms with van der Waals surface area (Å²) in [6, 6.07) is 25.1. The van der Waals surface area contributed by atoms with Crippen molar-refractivity contribution >= 4 is 21.8 Å². The Balaban J connectivity index is 1.33. The Bertz CT molecular complexity index is 1950. The second-order valence-electron chi connectivity index (χ2n) is 11.2. The molecule has 4 aromatic rings. The van der Waals surface area contributed by atoms with Gasteiger partial charge in [-0.2, -0.15) is 0 Å². The summed E-state index contributed by atoms with van der Waals surface area (Å²) in [5.74, 6) is 6.02. The Morgan fingerprint density at radius 3 is 1.20 bits per heavy atom. The third-order valence-electron chi connectivity index (χ3n) is 7.17. The van der Waals surface area contributed by atoms with Crippen molar-refractivity contribution in [2.75, 3.05) is 39.6 Å². The molecule has 4 aromatic carbocycles. The van der Waals surface area contributed by atoms with Crippen LogP contribution in [0.25, 0.3) is 0 Å². The number of carbonyl (C=O) groups excluding carboxylic acids is 2. The van der Waals surface area contributed by atoms with Gasteiger partial charge in [-0.3, -0.25) is 0 Å². The van der Waals surface area contributed by atoms with Gasteiger partial charge in [-0.15, -0.1) is 12.8 Å². The van der Waals surface area contributed by atoms with Crippen LogP contribution in [0.15, 0.2) is 132 Å². The largest absolute Gasteiger partial charge is 0.490 e. The monoisotopic (exact) mass is 766 g/mol. The van der Waals surface area contributed by atoms with Gasteiger partial charge in [0.1, 0.15) is 74.1 Å². The van der Waals surface area contributed by atoms with E-state index in [0.717, 1.165) is 12.2 Å². The summed E-state index contributed by atoms with van der Waals surface area (Å²) in [7, 11) is -3.93. The second kappa shape index (κ2) is 21.0. The first kappa shape index (κ1) is 40.9. The van der Waals surface area contributed by atoms with Gasteiger partial charge < -0.3 is 37.9 Å². The lowest BCUT2D eigenvalue weighted by Crippen LogP contribution is -2.30. The van der Waals surface area contributed by atoms with E-state index in [1.165, 1.54) is 48.5 Å². The lowest BCUT2D eigenvalue weighted by Gasteiger charge is -2.19. The van der Waals surface area contributed by atoms with Crippen LogP contribution in [-0.4, -0.2) is 72.2 Å². The first-order valence-electron chi connectivity index (χ1n) is 16.6. The van der Waals surface area contributed by atoms with E-state index >= 15 is 0 Å². The van der Waals surface area contributed by atoms with E-state index in [1.807, 2.05) is 0 Å². The molecule has 0 heterocycles. The summed E-state index contributed by atoms with van der Waals surface area (Å²) in [6.45, 7) is 6.71. The summed E-state index contributed by atoms with van der Waals surface area (Å²) in [4.78, 5) is 23.9. The Labute approximate surface area is 320 Å². The summed E-state index contributed by atoms with van der Waals surface area (Å²) in [6.07, 6.45) is 10.9. The molecular weight excluding hydrogens is 729 g/mol. The minimum absolute atomic E-state index is 0.0146. The van der Waals surface area contributed by atoms with E-state index in [0.29, 0.717) is 34.5 Å². The molecule has 0 aliphatic heterocycles. The van der Waals surface area contributed by atoms with Crippen LogP contribution in [0, 0.1) is 24.7 Å². The fourth-order valence-corrected chi connectivity index (χ4v) is 5.80. The smallest absolute Gasteiger partial charge is 0.330 e. The van der Waals surface area contributed by atoms with Gasteiger partial charge in [0.15, 0.2) is 12.2 Å². The molecule has 0 saturated heterocycles. The maximum atomic E-state index is 13.4. The topological polar surface area (TPSA) is 142 Å². The maximum Gasteiger partial charge on any atom is 0.330 e. The molecule has 2 unspecified atom stereocenters. The number of sulfone groups is 1. The zero-order valence-electron chi connectivity index (χ0n) is 29.7. The van der Waals surface area contributed by atoms with Gasteiger partial charge in [0.2, 0.25) is 9.84 Å². The van der Waals surface area contributed by atoms with E-state index in [2.05, 4.69) is 25.0 Å². The van der Waals surface area contributed by atoms with Crippen molar-refractivity contribution < 1.29 is 55.9 Å². The average Bonchev–Trinajstić information content (AvgIpc) is 3.21. The lowest BCUT2D eigenvalue weighted by atomic mass is 10.3. The zero-order chi connectivity index (χ0) is 39.5. The van der Waals surface area contributed by atoms with Gasteiger partial charge in [0.05, 0.1) is 9.79 Å². The Morgan fingerprint density at radius 1 is 0.545 bits per heavy atom. The first-order valence-corrected chi connectivity index (χ1v) is 18.1. The van der Waals surface area contributed by atoms with Crippen LogP contribution in [0.3, 0.4) is 0 Å². The number of terminal acetylenes is 2. The first-order chi connectivity index (χ1) is 26.6. The second-order valence-corrected chi connectivity index (χ2v) is 13.1. The van der Waals surface area contributed by atoms with Crippen molar-refractivity contribution in [3.8, 4) is 59.2 Å². The molecule has 0 aromatic heterocycles. The third-order valence-corrected chi connectivity index (χ3v) is 8.95. The summed E-state index contributed by atoms with van der Waals surface area (Å²) in [5.41, 5.74) is 0. The predicted octanol–water partition coefficient (Wildman–Crippen LogP) is 5.65. The molecule has 55 heavy (non-hydrogen) atoms. The van der Waals surface area contributed by atoms with Crippen molar-refractivity contribution in [2.24, 2.45) is 0 Å². The van der Waals surface area contributed by atoms with Crippen LogP contribution in [0.1, 0.15) is 0 Å². The molecule has 0 bridgehead atoms. The maximum absolute atomic E-state index is 13.4. The minimum Gasteiger partial charge on any atom is -0.490 e. The highest BCUT2D eigenvalue weighted by atomic mass is 32.2. The molecule has 0 saturated carbocycles. The molecule has 284 valence electrons. The quantitative estimate of drug-likeness (QED) is 0.0554. The van der Waals surface area contributed by atoms with Crippen LogP contribution < -0.4 is 28.4 Å². The highest BCUT2D eigenvalue weighted by Gasteiger charge is 2.20. The molecule has 0 aliphatic rings. The predicted molar refractivity (Wildman–Crippen MR) is 202 cm³/mol. The fraction of sp³-hybridized carbons (Fsp3) is 0.190. The lowest BCUT2D eigenvalue weighted by molar-refractivity contribution is -0.147. The highest BCUT2D eigenvalue weighted by Crippen LogP contribution is 2.26. The molecular formula is C42H38O12S. The van der Waals surface area contributed by atoms with Crippen LogP contribution in [0.4, 0.5) is 0 Å². The molecule has 0 aliphatic carbocycles. The minimum atomic E-state index is -3.93. The van der Waals surface area contributed by atoms with E-state index in [4.69, 9.17) is 50.7 Å². The van der Waals surface area contributed by atoms with E-state index in [1.54, 1.807) is 48.5 Å². The normalized spacial score (nSPS) is 11.6. The number of hydrogen-bond acceptors (Lipinski definition) is 12. The van der Waals surface area contributed by atoms with Gasteiger partial charge in [0, 0.05) is 24.3 Å². The molecule has 0 fully saturated rings. The average molecular weight is 767 g/mol. The number of esters is 2. The SMILES string of the molecule is C#CCOc1cccc(OCC(COc2ccc(S(=O)(=O)c3ccc(OCC(COc4cccc(OCC#C)c4)OC(=O)C=C)cc3)cc2)OC(=O)C=C)c1. The molecule has 13 heteroatoms. The van der Waals surface area contributed by atoms with E-state index in [-0.39, 0.29) is 49.4 Å². The van der Waals surface area contributed by atoms with Crippen molar-refractivity contribution in [3.05, 3.63) is 122 Å². The molecule has 0 spiro atoms. The number of benzene rings is 4. The van der Waals surface area contributed by atoms with Crippen molar-refractivity contribution in [2.45, 2.75) is 22.0 Å². The third kappa shape index (κ3) is 13.3. The van der Waals surface area contributed by atoms with Crippen molar-refractivity contribution in [3.63, 3.8) is 0 Å². The van der Waals surface area contributed by atoms with Gasteiger partial charge in [-0.25, -0.2) is 18.0 Å². The molecule has 0 radical (unpaired) electrons. The number of ether oxygens (including phenoxy) is 8. The number of rotatable bonds is 22. The molecule has 0 amide bonds. The summed E-state index contributed by atoms with van der Waals surface area (Å²) in [5, 5.41) is 0. The van der Waals surface area contributed by atoms with Crippen LogP contribution in [0.2, 0.25) is 0 Å². The fourth-order valence-electron chi connectivity index (χ4n) is 4.54. The van der Waals surface area contributed by atoms with Crippen LogP contribution in [-0.2, 0) is 28.9 Å². The highest BCUT2D eigenvalue weighted by molar-refractivity contribution is 7.91. The van der Waals surface area contributed by atoms with Gasteiger partial charge in [-0.05, 0) is 72.8 Å². The van der Waals surface area contributed by atoms with Crippen molar-refractivity contribution in [1.82, 2.24) is 0 Å². The molecule has 0 N–H and O–H groups in total. The Kier molecular flexibility index (Phi) is 15.6. The summed E-state index contributed by atoms with van der Waals surface area (Å²) >= 11 is 0. The molecule has 4 rings (SSSR count). The van der Waals surface area contributed by atoms with Crippen molar-refractivity contribution in [1.29, 1.82) is 0 Å². The van der Waals surface area contributed by atoms with Crippen LogP contribution in [0.5, 0.6) is 34.5 Å². The number of carbonyl (C=O) groups is 2. The van der Waals surface area contributed by atoms with E-state index in [9.17, 15) is 18.0 Å². The Morgan fingerprint density at radius 2 is 0.873 bits per heavy atom. The van der Waals surface area contributed by atoms with Gasteiger partial charge in [-0.1, -0.05) is 37.1 Å². The standard InChI is InChI=1S/C42H38O12S/c1-5-23-47-33-11-9-13-35(25-33)51-29-37(53-41(43)7-3)27-49-31-15-19-39(20-16-31)55(45,46)40-21-17-32(18-22-40)50-28-38(54-42(44)8-4)30-52-36-14-10-12-34(26-36)48-24-6-2/h1-2,7-22,25-26,37-38H,3-4,23-24,27-30H2. The van der Waals surface area contributed by atoms with Gasteiger partial charge >= 0.3 is 11.9 Å².